The van der Waals surface area contributed by atoms with Crippen molar-refractivity contribution in [2.45, 2.75) is 44.3 Å². The highest BCUT2D eigenvalue weighted by Crippen LogP contribution is 2.36. The SMILES string of the molecule is c1cc2c(cc1C1CCNC1)CN(C1CC1)C2. The summed E-state index contributed by atoms with van der Waals surface area (Å²) in [6, 6.07) is 8.13. The van der Waals surface area contributed by atoms with Crippen LogP contribution in [0.5, 0.6) is 0 Å². The summed E-state index contributed by atoms with van der Waals surface area (Å²) < 4.78 is 0. The zero-order valence-electron chi connectivity index (χ0n) is 10.3. The molecule has 0 amide bonds. The summed E-state index contributed by atoms with van der Waals surface area (Å²) in [4.78, 5) is 2.65. The van der Waals surface area contributed by atoms with Gasteiger partial charge in [-0.15, -0.1) is 0 Å². The maximum atomic E-state index is 3.47. The highest BCUT2D eigenvalue weighted by molar-refractivity contribution is 5.37. The Balaban J connectivity index is 1.58. The molecule has 0 bridgehead atoms. The molecule has 1 aromatic rings. The highest BCUT2D eigenvalue weighted by Gasteiger charge is 2.33. The summed E-state index contributed by atoms with van der Waals surface area (Å²) in [5.74, 6) is 0.760. The Morgan fingerprint density at radius 1 is 1.06 bits per heavy atom. The monoisotopic (exact) mass is 228 g/mol. The van der Waals surface area contributed by atoms with Crippen molar-refractivity contribution in [3.63, 3.8) is 0 Å². The summed E-state index contributed by atoms with van der Waals surface area (Å²) in [5, 5.41) is 3.47. The number of nitrogens with zero attached hydrogens (tertiary/aromatic N) is 1. The van der Waals surface area contributed by atoms with Crippen molar-refractivity contribution in [2.75, 3.05) is 13.1 Å². The largest absolute Gasteiger partial charge is 0.316 e. The molecule has 2 fully saturated rings. The number of benzene rings is 1. The fraction of sp³-hybridized carbons (Fsp3) is 0.600. The molecule has 1 unspecified atom stereocenters. The molecule has 0 spiro atoms. The lowest BCUT2D eigenvalue weighted by molar-refractivity contribution is 0.273. The summed E-state index contributed by atoms with van der Waals surface area (Å²) in [5.41, 5.74) is 4.74. The quantitative estimate of drug-likeness (QED) is 0.835. The molecule has 1 saturated carbocycles. The first-order chi connectivity index (χ1) is 8.40. The number of rotatable bonds is 2. The molecule has 2 nitrogen and oxygen atoms in total. The van der Waals surface area contributed by atoms with E-state index >= 15 is 0 Å². The summed E-state index contributed by atoms with van der Waals surface area (Å²) in [6.45, 7) is 4.76. The van der Waals surface area contributed by atoms with Gasteiger partial charge >= 0.3 is 0 Å². The Morgan fingerprint density at radius 3 is 2.71 bits per heavy atom. The topological polar surface area (TPSA) is 15.3 Å². The van der Waals surface area contributed by atoms with Crippen LogP contribution in [0.1, 0.15) is 41.9 Å². The second-order valence-electron chi connectivity index (χ2n) is 5.85. The molecular formula is C15H20N2. The first-order valence-corrected chi connectivity index (χ1v) is 6.96. The molecule has 0 aromatic heterocycles. The maximum absolute atomic E-state index is 3.47. The van der Waals surface area contributed by atoms with Gasteiger partial charge in [-0.1, -0.05) is 18.2 Å². The van der Waals surface area contributed by atoms with Crippen LogP contribution in [0.15, 0.2) is 18.2 Å². The second kappa shape index (κ2) is 3.82. The van der Waals surface area contributed by atoms with Crippen molar-refractivity contribution in [1.29, 1.82) is 0 Å². The van der Waals surface area contributed by atoms with Gasteiger partial charge in [0.05, 0.1) is 0 Å². The third kappa shape index (κ3) is 1.80. The Hall–Kier alpha value is -0.860. The van der Waals surface area contributed by atoms with E-state index in [1.54, 1.807) is 16.7 Å². The van der Waals surface area contributed by atoms with Crippen LogP contribution in [0.2, 0.25) is 0 Å². The fourth-order valence-electron chi connectivity index (χ4n) is 3.33. The number of fused-ring (bicyclic) bond motifs is 1. The minimum atomic E-state index is 0.760. The van der Waals surface area contributed by atoms with E-state index in [0.29, 0.717) is 0 Å². The molecular weight excluding hydrogens is 208 g/mol. The van der Waals surface area contributed by atoms with Gasteiger partial charge in [0.2, 0.25) is 0 Å². The molecule has 90 valence electrons. The normalized spacial score (nSPS) is 28.6. The third-order valence-electron chi connectivity index (χ3n) is 4.57. The van der Waals surface area contributed by atoms with Crippen molar-refractivity contribution < 1.29 is 0 Å². The van der Waals surface area contributed by atoms with Crippen LogP contribution in [0.25, 0.3) is 0 Å². The molecule has 1 saturated heterocycles. The van der Waals surface area contributed by atoms with Gasteiger partial charge in [-0.3, -0.25) is 4.90 Å². The predicted molar refractivity (Wildman–Crippen MR) is 68.9 cm³/mol. The van der Waals surface area contributed by atoms with Crippen molar-refractivity contribution in [1.82, 2.24) is 10.2 Å². The summed E-state index contributed by atoms with van der Waals surface area (Å²) in [7, 11) is 0. The minimum Gasteiger partial charge on any atom is -0.316 e. The molecule has 1 N–H and O–H groups in total. The van der Waals surface area contributed by atoms with E-state index in [9.17, 15) is 0 Å². The van der Waals surface area contributed by atoms with Crippen molar-refractivity contribution in [3.8, 4) is 0 Å². The first-order valence-electron chi connectivity index (χ1n) is 6.96. The smallest absolute Gasteiger partial charge is 0.0243 e. The first kappa shape index (κ1) is 10.1. The lowest BCUT2D eigenvalue weighted by Crippen LogP contribution is -2.18. The van der Waals surface area contributed by atoms with Gasteiger partial charge in [0.1, 0.15) is 0 Å². The average molecular weight is 228 g/mol. The van der Waals surface area contributed by atoms with E-state index in [4.69, 9.17) is 0 Å². The Morgan fingerprint density at radius 2 is 1.94 bits per heavy atom. The van der Waals surface area contributed by atoms with Gasteiger partial charge in [0, 0.05) is 25.7 Å². The summed E-state index contributed by atoms with van der Waals surface area (Å²) >= 11 is 0. The van der Waals surface area contributed by atoms with Crippen molar-refractivity contribution in [3.05, 3.63) is 34.9 Å². The predicted octanol–water partition coefficient (Wildman–Crippen LogP) is 2.24. The lowest BCUT2D eigenvalue weighted by atomic mass is 9.95. The minimum absolute atomic E-state index is 0.760. The molecule has 2 heteroatoms. The maximum Gasteiger partial charge on any atom is 0.0243 e. The van der Waals surface area contributed by atoms with Crippen molar-refractivity contribution >= 4 is 0 Å². The van der Waals surface area contributed by atoms with Gasteiger partial charge in [-0.2, -0.15) is 0 Å². The molecule has 1 atom stereocenters. The van der Waals surface area contributed by atoms with Crippen LogP contribution < -0.4 is 5.32 Å². The van der Waals surface area contributed by atoms with E-state index in [2.05, 4.69) is 28.4 Å². The van der Waals surface area contributed by atoms with Crippen LogP contribution in [0.4, 0.5) is 0 Å². The van der Waals surface area contributed by atoms with Crippen LogP contribution in [-0.2, 0) is 13.1 Å². The molecule has 2 aliphatic heterocycles. The Kier molecular flexibility index (Phi) is 2.27. The van der Waals surface area contributed by atoms with Gasteiger partial charge < -0.3 is 5.32 Å². The second-order valence-corrected chi connectivity index (χ2v) is 5.85. The molecule has 4 rings (SSSR count). The summed E-state index contributed by atoms with van der Waals surface area (Å²) in [6.07, 6.45) is 4.16. The van der Waals surface area contributed by atoms with Gasteiger partial charge in [-0.25, -0.2) is 0 Å². The van der Waals surface area contributed by atoms with E-state index in [0.717, 1.165) is 12.0 Å². The van der Waals surface area contributed by atoms with Crippen molar-refractivity contribution in [2.24, 2.45) is 0 Å². The Bertz CT molecular complexity index is 431. The number of hydrogen-bond donors (Lipinski definition) is 1. The molecule has 2 heterocycles. The molecule has 1 aromatic carbocycles. The standard InChI is InChI=1S/C15H20N2/c1-2-13-9-17(15-3-4-15)10-14(13)7-11(1)12-5-6-16-8-12/h1-2,7,12,15-16H,3-6,8-10H2. The highest BCUT2D eigenvalue weighted by atomic mass is 15.2. The third-order valence-corrected chi connectivity index (χ3v) is 4.57. The number of nitrogens with one attached hydrogen (secondary N) is 1. The molecule has 17 heavy (non-hydrogen) atoms. The molecule has 1 aliphatic carbocycles. The molecule has 3 aliphatic rings. The van der Waals surface area contributed by atoms with Gasteiger partial charge in [0.25, 0.3) is 0 Å². The average Bonchev–Trinajstić information content (AvgIpc) is 2.92. The van der Waals surface area contributed by atoms with Gasteiger partial charge in [-0.05, 0) is 48.4 Å². The van der Waals surface area contributed by atoms with Crippen LogP contribution in [0, 0.1) is 0 Å². The van der Waals surface area contributed by atoms with E-state index in [-0.39, 0.29) is 0 Å². The van der Waals surface area contributed by atoms with E-state index in [1.807, 2.05) is 0 Å². The fourth-order valence-corrected chi connectivity index (χ4v) is 3.33. The van der Waals surface area contributed by atoms with Crippen LogP contribution >= 0.6 is 0 Å². The lowest BCUT2D eigenvalue weighted by Gasteiger charge is -2.12. The number of hydrogen-bond acceptors (Lipinski definition) is 2. The zero-order valence-corrected chi connectivity index (χ0v) is 10.3. The van der Waals surface area contributed by atoms with Crippen LogP contribution in [-0.4, -0.2) is 24.0 Å². The Labute approximate surface area is 103 Å². The zero-order chi connectivity index (χ0) is 11.2. The van der Waals surface area contributed by atoms with E-state index in [1.165, 1.54) is 45.4 Å². The van der Waals surface area contributed by atoms with E-state index < -0.39 is 0 Å². The van der Waals surface area contributed by atoms with Crippen LogP contribution in [0.3, 0.4) is 0 Å². The van der Waals surface area contributed by atoms with Gasteiger partial charge in [0.15, 0.2) is 0 Å². The molecule has 0 radical (unpaired) electrons.